The van der Waals surface area contributed by atoms with Gasteiger partial charge in [-0.2, -0.15) is 0 Å². The Kier molecular flexibility index (Phi) is 5.23. The second-order valence-electron chi connectivity index (χ2n) is 8.34. The van der Waals surface area contributed by atoms with Crippen molar-refractivity contribution in [2.24, 2.45) is 10.7 Å². The molecule has 34 heavy (non-hydrogen) atoms. The maximum Gasteiger partial charge on any atom is 0.266 e. The molecule has 1 amide bonds. The van der Waals surface area contributed by atoms with Crippen LogP contribution in [0.1, 0.15) is 23.1 Å². The van der Waals surface area contributed by atoms with Crippen LogP contribution >= 0.6 is 0 Å². The third-order valence-corrected chi connectivity index (χ3v) is 6.42. The lowest BCUT2D eigenvalue weighted by atomic mass is 9.80. The minimum Gasteiger partial charge on any atom is -0.494 e. The summed E-state index contributed by atoms with van der Waals surface area (Å²) in [6, 6.07) is 14.1. The van der Waals surface area contributed by atoms with Gasteiger partial charge in [0.25, 0.3) is 5.91 Å². The van der Waals surface area contributed by atoms with E-state index in [0.29, 0.717) is 17.7 Å². The van der Waals surface area contributed by atoms with Crippen LogP contribution in [0.25, 0.3) is 11.1 Å². The van der Waals surface area contributed by atoms with Gasteiger partial charge in [-0.3, -0.25) is 9.69 Å². The van der Waals surface area contributed by atoms with Gasteiger partial charge in [-0.15, -0.1) is 0 Å². The maximum atomic E-state index is 15.0. The van der Waals surface area contributed by atoms with Crippen LogP contribution in [0.4, 0.5) is 8.78 Å². The number of rotatable bonds is 4. The lowest BCUT2D eigenvalue weighted by molar-refractivity contribution is -0.129. The van der Waals surface area contributed by atoms with E-state index in [-0.39, 0.29) is 28.7 Å². The number of benzene rings is 3. The highest BCUT2D eigenvalue weighted by Crippen LogP contribution is 2.43. The fraction of sp³-hybridized carbons (Fsp3) is 0.231. The number of methoxy groups -OCH3 is 1. The number of hydrogen-bond acceptors (Lipinski definition) is 5. The molecule has 174 valence electrons. The van der Waals surface area contributed by atoms with Crippen molar-refractivity contribution in [3.05, 3.63) is 82.9 Å². The van der Waals surface area contributed by atoms with Gasteiger partial charge in [0.15, 0.2) is 23.1 Å². The summed E-state index contributed by atoms with van der Waals surface area (Å²) in [6.07, 6.45) is 1.66. The smallest absolute Gasteiger partial charge is 0.266 e. The number of hydrogen-bond donors (Lipinski definition) is 1. The van der Waals surface area contributed by atoms with Crippen molar-refractivity contribution in [1.29, 1.82) is 0 Å². The number of likely N-dealkylation sites (N-methyl/N-ethyl adjacent to an activating group) is 1. The van der Waals surface area contributed by atoms with Crippen molar-refractivity contribution < 1.29 is 23.0 Å². The first-order chi connectivity index (χ1) is 16.4. The highest BCUT2D eigenvalue weighted by Gasteiger charge is 2.50. The van der Waals surface area contributed by atoms with Crippen molar-refractivity contribution in [3.8, 4) is 22.6 Å². The van der Waals surface area contributed by atoms with E-state index < -0.39 is 17.2 Å². The van der Waals surface area contributed by atoms with Crippen molar-refractivity contribution in [1.82, 2.24) is 4.90 Å². The summed E-state index contributed by atoms with van der Waals surface area (Å²) in [5.41, 5.74) is 6.46. The molecule has 2 aliphatic rings. The number of aryl methyl sites for hydroxylation is 1. The van der Waals surface area contributed by atoms with Crippen LogP contribution in [0.5, 0.6) is 11.5 Å². The Morgan fingerprint density at radius 1 is 1.09 bits per heavy atom. The quantitative estimate of drug-likeness (QED) is 0.635. The molecular weight excluding hydrogens is 440 g/mol. The van der Waals surface area contributed by atoms with Crippen LogP contribution in [0.2, 0.25) is 0 Å². The number of halogens is 2. The number of fused-ring (bicyclic) bond motifs is 1. The summed E-state index contributed by atoms with van der Waals surface area (Å²) in [7, 11) is 2.88. The number of carbonyl (C=O) groups is 1. The maximum absolute atomic E-state index is 15.0. The SMILES string of the molecule is COc1cccc(-c2cc(C3(c4ccc5c(c4)CCCO5)N=C(N)N(C)C3=O)ccc2F)c1F. The van der Waals surface area contributed by atoms with Crippen LogP contribution in [0.3, 0.4) is 0 Å². The van der Waals surface area contributed by atoms with Gasteiger partial charge in [0.2, 0.25) is 0 Å². The van der Waals surface area contributed by atoms with Crippen molar-refractivity contribution >= 4 is 11.9 Å². The third-order valence-electron chi connectivity index (χ3n) is 6.42. The number of nitrogens with two attached hydrogens (primary N) is 1. The second-order valence-corrected chi connectivity index (χ2v) is 8.34. The number of aliphatic imine (C=N–C) groups is 1. The number of carbonyl (C=O) groups excluding carboxylic acids is 1. The molecule has 0 saturated heterocycles. The van der Waals surface area contributed by atoms with E-state index in [0.717, 1.165) is 24.2 Å². The number of ether oxygens (including phenoxy) is 2. The van der Waals surface area contributed by atoms with Crippen LogP contribution in [0.15, 0.2) is 59.6 Å². The zero-order valence-corrected chi connectivity index (χ0v) is 18.8. The first-order valence-electron chi connectivity index (χ1n) is 10.9. The fourth-order valence-corrected chi connectivity index (χ4v) is 4.60. The van der Waals surface area contributed by atoms with Crippen LogP contribution in [-0.4, -0.2) is 37.5 Å². The van der Waals surface area contributed by atoms with E-state index in [1.54, 1.807) is 12.1 Å². The second kappa shape index (κ2) is 8.13. The molecule has 2 N–H and O–H groups in total. The predicted octanol–water partition coefficient (Wildman–Crippen LogP) is 4.00. The average molecular weight is 463 g/mol. The summed E-state index contributed by atoms with van der Waals surface area (Å²) >= 11 is 0. The monoisotopic (exact) mass is 463 g/mol. The molecule has 3 aromatic rings. The van der Waals surface area contributed by atoms with Gasteiger partial charge in [0, 0.05) is 18.2 Å². The molecule has 0 radical (unpaired) electrons. The van der Waals surface area contributed by atoms with Crippen molar-refractivity contribution in [2.75, 3.05) is 20.8 Å². The van der Waals surface area contributed by atoms with E-state index in [4.69, 9.17) is 15.2 Å². The lowest BCUT2D eigenvalue weighted by Gasteiger charge is -2.28. The predicted molar refractivity (Wildman–Crippen MR) is 124 cm³/mol. The van der Waals surface area contributed by atoms with Gasteiger partial charge in [-0.1, -0.05) is 24.3 Å². The molecule has 6 nitrogen and oxygen atoms in total. The van der Waals surface area contributed by atoms with Gasteiger partial charge in [-0.25, -0.2) is 13.8 Å². The Labute approximate surface area is 195 Å². The topological polar surface area (TPSA) is 77.2 Å². The van der Waals surface area contributed by atoms with E-state index in [1.165, 1.54) is 49.4 Å². The zero-order chi connectivity index (χ0) is 24.0. The highest BCUT2D eigenvalue weighted by molar-refractivity contribution is 6.09. The summed E-state index contributed by atoms with van der Waals surface area (Å²) < 4.78 is 40.8. The minimum atomic E-state index is -1.54. The fourth-order valence-electron chi connectivity index (χ4n) is 4.60. The summed E-state index contributed by atoms with van der Waals surface area (Å²) in [6.45, 7) is 0.637. The summed E-state index contributed by atoms with van der Waals surface area (Å²) in [5.74, 6) is -0.924. The average Bonchev–Trinajstić information content (AvgIpc) is 3.09. The molecule has 0 aliphatic carbocycles. The molecule has 0 spiro atoms. The van der Waals surface area contributed by atoms with E-state index in [2.05, 4.69) is 4.99 Å². The van der Waals surface area contributed by atoms with E-state index in [1.807, 2.05) is 12.1 Å². The van der Waals surface area contributed by atoms with Gasteiger partial charge in [0.1, 0.15) is 11.6 Å². The number of amides is 1. The van der Waals surface area contributed by atoms with Crippen LogP contribution in [-0.2, 0) is 16.8 Å². The Bertz CT molecular complexity index is 1340. The Morgan fingerprint density at radius 2 is 1.85 bits per heavy atom. The molecule has 2 heterocycles. The molecular formula is C26H23F2N3O3. The molecule has 1 atom stereocenters. The number of guanidine groups is 1. The molecule has 0 saturated carbocycles. The van der Waals surface area contributed by atoms with Crippen molar-refractivity contribution in [3.63, 3.8) is 0 Å². The van der Waals surface area contributed by atoms with E-state index >= 15 is 4.39 Å². The molecule has 5 rings (SSSR count). The first kappa shape index (κ1) is 21.9. The summed E-state index contributed by atoms with van der Waals surface area (Å²) in [4.78, 5) is 19.5. The zero-order valence-electron chi connectivity index (χ0n) is 18.8. The van der Waals surface area contributed by atoms with Gasteiger partial charge in [0.05, 0.1) is 13.7 Å². The Hall–Kier alpha value is -3.94. The van der Waals surface area contributed by atoms with Gasteiger partial charge in [-0.05, 0) is 59.9 Å². The Morgan fingerprint density at radius 3 is 2.59 bits per heavy atom. The first-order valence-corrected chi connectivity index (χ1v) is 10.9. The molecule has 3 aromatic carbocycles. The largest absolute Gasteiger partial charge is 0.494 e. The minimum absolute atomic E-state index is 0.00862. The number of nitrogens with zero attached hydrogens (tertiary/aromatic N) is 2. The Balaban J connectivity index is 1.74. The summed E-state index contributed by atoms with van der Waals surface area (Å²) in [5, 5.41) is 0. The molecule has 8 heteroatoms. The van der Waals surface area contributed by atoms with E-state index in [9.17, 15) is 9.18 Å². The molecule has 1 unspecified atom stereocenters. The van der Waals surface area contributed by atoms with Gasteiger partial charge >= 0.3 is 0 Å². The molecule has 0 bridgehead atoms. The molecule has 0 aromatic heterocycles. The lowest BCUT2D eigenvalue weighted by Crippen LogP contribution is -2.41. The standard InChI is InChI=1S/C26H23F2N3O3/c1-31-24(32)26(30-25(31)29,16-9-11-21-15(13-16)5-4-12-34-21)17-8-10-20(27)19(14-17)18-6-3-7-22(33-2)23(18)28/h3,6-11,13-14H,4-5,12H2,1-2H3,(H2,29,30). The molecule has 0 fully saturated rings. The van der Waals surface area contributed by atoms with Crippen molar-refractivity contribution in [2.45, 2.75) is 18.4 Å². The molecule has 2 aliphatic heterocycles. The normalized spacial score (nSPS) is 19.5. The highest BCUT2D eigenvalue weighted by atomic mass is 19.1. The van der Waals surface area contributed by atoms with Gasteiger partial charge < -0.3 is 15.2 Å². The van der Waals surface area contributed by atoms with Crippen LogP contribution < -0.4 is 15.2 Å². The van der Waals surface area contributed by atoms with Crippen LogP contribution in [0, 0.1) is 11.6 Å². The third kappa shape index (κ3) is 3.21.